The number of benzene rings is 1. The second-order valence-electron chi connectivity index (χ2n) is 5.09. The number of aromatic nitrogens is 1. The number of nitrogens with zero attached hydrogens (tertiary/aromatic N) is 1. The van der Waals surface area contributed by atoms with E-state index in [1.54, 1.807) is 30.8 Å². The van der Waals surface area contributed by atoms with Crippen molar-refractivity contribution in [3.05, 3.63) is 44.8 Å². The Morgan fingerprint density at radius 1 is 1.12 bits per heavy atom. The highest BCUT2D eigenvalue weighted by molar-refractivity contribution is 9.10. The first-order chi connectivity index (χ1) is 11.2. The number of nitrogens with one attached hydrogen (secondary N) is 1. The molecule has 0 aliphatic rings. The van der Waals surface area contributed by atoms with Crippen molar-refractivity contribution in [3.63, 3.8) is 0 Å². The van der Waals surface area contributed by atoms with Gasteiger partial charge >= 0.3 is 0 Å². The second-order valence-corrected chi connectivity index (χ2v) is 7.60. The minimum absolute atomic E-state index is 0.00202. The van der Waals surface area contributed by atoms with Gasteiger partial charge in [-0.25, -0.2) is 8.42 Å². The third-order valence-corrected chi connectivity index (χ3v) is 5.40. The molecule has 0 radical (unpaired) electrons. The molecule has 0 atom stereocenters. The van der Waals surface area contributed by atoms with E-state index >= 15 is 0 Å². The van der Waals surface area contributed by atoms with Crippen LogP contribution in [0.5, 0.6) is 11.5 Å². The molecule has 0 aliphatic carbocycles. The molecule has 24 heavy (non-hydrogen) atoms. The van der Waals surface area contributed by atoms with Gasteiger partial charge in [-0.2, -0.15) is 0 Å². The number of sulfonamides is 1. The minimum Gasteiger partial charge on any atom is -0.493 e. The van der Waals surface area contributed by atoms with Gasteiger partial charge in [-0.3, -0.25) is 9.52 Å². The minimum atomic E-state index is -3.98. The van der Waals surface area contributed by atoms with Gasteiger partial charge in [0.15, 0.2) is 11.5 Å². The summed E-state index contributed by atoms with van der Waals surface area (Å²) in [5.74, 6) is 0.706. The van der Waals surface area contributed by atoms with E-state index in [0.717, 1.165) is 0 Å². The fourth-order valence-corrected chi connectivity index (χ4v) is 4.02. The van der Waals surface area contributed by atoms with Crippen LogP contribution in [0.1, 0.15) is 5.56 Å². The molecule has 0 saturated heterocycles. The van der Waals surface area contributed by atoms with E-state index in [0.29, 0.717) is 11.3 Å². The van der Waals surface area contributed by atoms with Gasteiger partial charge in [-0.05, 0) is 34.5 Å². The first-order valence-electron chi connectivity index (χ1n) is 6.81. The Morgan fingerprint density at radius 3 is 2.29 bits per heavy atom. The van der Waals surface area contributed by atoms with Crippen LogP contribution in [0.3, 0.4) is 0 Å². The molecule has 7 nitrogen and oxygen atoms in total. The van der Waals surface area contributed by atoms with Gasteiger partial charge in [-0.1, -0.05) is 0 Å². The summed E-state index contributed by atoms with van der Waals surface area (Å²) in [7, 11) is 0.592. The molecular formula is C15H17BrN2O5S. The highest BCUT2D eigenvalue weighted by Crippen LogP contribution is 2.32. The molecule has 2 aromatic rings. The lowest BCUT2D eigenvalue weighted by Crippen LogP contribution is -2.21. The van der Waals surface area contributed by atoms with Gasteiger partial charge in [0.1, 0.15) is 5.69 Å². The summed E-state index contributed by atoms with van der Waals surface area (Å²) in [6, 6.07) is 2.92. The zero-order valence-electron chi connectivity index (χ0n) is 13.6. The van der Waals surface area contributed by atoms with Crippen molar-refractivity contribution in [1.82, 2.24) is 4.57 Å². The summed E-state index contributed by atoms with van der Waals surface area (Å²) in [6.07, 6.45) is 2.95. The molecule has 1 N–H and O–H groups in total. The lowest BCUT2D eigenvalue weighted by Gasteiger charge is -2.14. The maximum absolute atomic E-state index is 12.7. The van der Waals surface area contributed by atoms with E-state index in [-0.39, 0.29) is 20.8 Å². The zero-order chi connectivity index (χ0) is 18.1. The van der Waals surface area contributed by atoms with Crippen LogP contribution < -0.4 is 19.6 Å². The Morgan fingerprint density at radius 2 is 1.71 bits per heavy atom. The van der Waals surface area contributed by atoms with Gasteiger partial charge in [-0.15, -0.1) is 0 Å². The van der Waals surface area contributed by atoms with Crippen LogP contribution in [0, 0.1) is 6.92 Å². The molecule has 0 unspecified atom stereocenters. The SMILES string of the molecule is COc1cc(C)c(S(=O)(=O)Nc2cn(C)cc(Br)c2=O)cc1OC. The van der Waals surface area contributed by atoms with E-state index in [9.17, 15) is 13.2 Å². The Balaban J connectivity index is 2.54. The Bertz CT molecular complexity index is 938. The first-order valence-corrected chi connectivity index (χ1v) is 9.08. The smallest absolute Gasteiger partial charge is 0.262 e. The highest BCUT2D eigenvalue weighted by atomic mass is 79.9. The highest BCUT2D eigenvalue weighted by Gasteiger charge is 2.22. The number of methoxy groups -OCH3 is 2. The van der Waals surface area contributed by atoms with Crippen molar-refractivity contribution in [2.24, 2.45) is 7.05 Å². The maximum atomic E-state index is 12.7. The molecule has 0 spiro atoms. The fraction of sp³-hybridized carbons (Fsp3) is 0.267. The van der Waals surface area contributed by atoms with Crippen molar-refractivity contribution in [1.29, 1.82) is 0 Å². The molecule has 0 amide bonds. The van der Waals surface area contributed by atoms with E-state index in [4.69, 9.17) is 9.47 Å². The van der Waals surface area contributed by atoms with Crippen LogP contribution in [0.25, 0.3) is 0 Å². The average Bonchev–Trinajstić information content (AvgIpc) is 2.51. The third-order valence-electron chi connectivity index (χ3n) is 3.33. The molecule has 0 bridgehead atoms. The summed E-state index contributed by atoms with van der Waals surface area (Å²) in [5, 5.41) is 0. The largest absolute Gasteiger partial charge is 0.493 e. The van der Waals surface area contributed by atoms with Crippen molar-refractivity contribution in [2.75, 3.05) is 18.9 Å². The Kier molecular flexibility index (Phi) is 5.24. The first kappa shape index (κ1) is 18.3. The normalized spacial score (nSPS) is 11.2. The van der Waals surface area contributed by atoms with Gasteiger partial charge in [0.05, 0.1) is 23.6 Å². The lowest BCUT2D eigenvalue weighted by atomic mass is 10.2. The van der Waals surface area contributed by atoms with Crippen LogP contribution >= 0.6 is 15.9 Å². The third kappa shape index (κ3) is 3.57. The number of hydrogen-bond donors (Lipinski definition) is 1. The maximum Gasteiger partial charge on any atom is 0.262 e. The number of pyridine rings is 1. The Labute approximate surface area is 148 Å². The number of anilines is 1. The standard InChI is InChI=1S/C15H17BrN2O5S/c1-9-5-12(22-3)13(23-4)6-14(9)24(20,21)17-11-8-18(2)7-10(16)15(11)19/h5-8,17H,1-4H3. The summed E-state index contributed by atoms with van der Waals surface area (Å²) in [5.41, 5.74) is -0.0390. The predicted molar refractivity (Wildman–Crippen MR) is 94.5 cm³/mol. The van der Waals surface area contributed by atoms with Crippen LogP contribution in [0.2, 0.25) is 0 Å². The molecule has 0 saturated carbocycles. The summed E-state index contributed by atoms with van der Waals surface area (Å²) in [4.78, 5) is 12.1. The van der Waals surface area contributed by atoms with Gasteiger partial charge < -0.3 is 14.0 Å². The Hall–Kier alpha value is -2.00. The number of ether oxygens (including phenoxy) is 2. The van der Waals surface area contributed by atoms with Crippen LogP contribution in [-0.2, 0) is 17.1 Å². The van der Waals surface area contributed by atoms with E-state index in [1.807, 2.05) is 0 Å². The summed E-state index contributed by atoms with van der Waals surface area (Å²) >= 11 is 3.11. The monoisotopic (exact) mass is 416 g/mol. The zero-order valence-corrected chi connectivity index (χ0v) is 16.0. The molecule has 0 fully saturated rings. The van der Waals surface area contributed by atoms with Crippen molar-refractivity contribution in [2.45, 2.75) is 11.8 Å². The molecule has 1 aromatic carbocycles. The number of aryl methyl sites for hydroxylation is 2. The lowest BCUT2D eigenvalue weighted by molar-refractivity contribution is 0.353. The molecular weight excluding hydrogens is 400 g/mol. The molecule has 9 heteroatoms. The van der Waals surface area contributed by atoms with Crippen LogP contribution in [0.15, 0.2) is 38.7 Å². The molecule has 2 rings (SSSR count). The van der Waals surface area contributed by atoms with Gasteiger partial charge in [0, 0.05) is 25.5 Å². The van der Waals surface area contributed by atoms with E-state index in [1.165, 1.54) is 26.5 Å². The van der Waals surface area contributed by atoms with Gasteiger partial charge in [0.2, 0.25) is 5.43 Å². The molecule has 0 aliphatic heterocycles. The number of hydrogen-bond acceptors (Lipinski definition) is 5. The predicted octanol–water partition coefficient (Wildman–Crippen LogP) is 2.27. The van der Waals surface area contributed by atoms with Crippen LogP contribution in [-0.4, -0.2) is 27.2 Å². The van der Waals surface area contributed by atoms with Crippen molar-refractivity contribution in [3.8, 4) is 11.5 Å². The van der Waals surface area contributed by atoms with Gasteiger partial charge in [0.25, 0.3) is 10.0 Å². The summed E-state index contributed by atoms with van der Waals surface area (Å²) in [6.45, 7) is 1.63. The van der Waals surface area contributed by atoms with E-state index in [2.05, 4.69) is 20.7 Å². The quantitative estimate of drug-likeness (QED) is 0.807. The molecule has 130 valence electrons. The molecule has 1 aromatic heterocycles. The number of halogens is 1. The van der Waals surface area contributed by atoms with Crippen LogP contribution in [0.4, 0.5) is 5.69 Å². The van der Waals surface area contributed by atoms with E-state index < -0.39 is 15.5 Å². The average molecular weight is 417 g/mol. The second kappa shape index (κ2) is 6.86. The van der Waals surface area contributed by atoms with Crippen molar-refractivity contribution < 1.29 is 17.9 Å². The van der Waals surface area contributed by atoms with Crippen molar-refractivity contribution >= 4 is 31.6 Å². The topological polar surface area (TPSA) is 86.6 Å². The fourth-order valence-electron chi connectivity index (χ4n) is 2.19. The summed E-state index contributed by atoms with van der Waals surface area (Å²) < 4.78 is 39.8. The molecule has 1 heterocycles. The number of rotatable bonds is 5.